The van der Waals surface area contributed by atoms with Gasteiger partial charge in [-0.05, 0) is 44.7 Å². The highest BCUT2D eigenvalue weighted by Gasteiger charge is 2.30. The highest BCUT2D eigenvalue weighted by Crippen LogP contribution is 2.22. The Balaban J connectivity index is 1.88. The van der Waals surface area contributed by atoms with E-state index in [1.165, 1.54) is 0 Å². The van der Waals surface area contributed by atoms with Gasteiger partial charge < -0.3 is 21.1 Å². The highest BCUT2D eigenvalue weighted by atomic mass is 16.4. The quantitative estimate of drug-likeness (QED) is 0.415. The summed E-state index contributed by atoms with van der Waals surface area (Å²) in [6, 6.07) is 6.40. The van der Waals surface area contributed by atoms with Crippen LogP contribution in [0, 0.1) is 11.3 Å². The van der Waals surface area contributed by atoms with Gasteiger partial charge in [0.1, 0.15) is 5.84 Å². The number of benzene rings is 1. The molecule has 1 aliphatic heterocycles. The van der Waals surface area contributed by atoms with Crippen LogP contribution in [0.15, 0.2) is 24.3 Å². The molecule has 5 N–H and O–H groups in total. The normalized spacial score (nSPS) is 15.1. The van der Waals surface area contributed by atoms with E-state index < -0.39 is 11.5 Å². The first kappa shape index (κ1) is 21.4. The van der Waals surface area contributed by atoms with Gasteiger partial charge in [-0.15, -0.1) is 0 Å². The van der Waals surface area contributed by atoms with Gasteiger partial charge in [-0.1, -0.05) is 12.1 Å². The van der Waals surface area contributed by atoms with Crippen molar-refractivity contribution in [1.82, 2.24) is 10.2 Å². The minimum absolute atomic E-state index is 0.0500. The zero-order chi connectivity index (χ0) is 20.9. The van der Waals surface area contributed by atoms with E-state index in [1.54, 1.807) is 43.0 Å². The van der Waals surface area contributed by atoms with Crippen molar-refractivity contribution < 1.29 is 19.5 Å². The summed E-state index contributed by atoms with van der Waals surface area (Å²) in [5.41, 5.74) is 5.65. The number of aliphatic carboxylic acids is 1. The summed E-state index contributed by atoms with van der Waals surface area (Å²) in [5.74, 6) is -1.10. The van der Waals surface area contributed by atoms with E-state index in [0.717, 1.165) is 0 Å². The molecule has 2 amide bonds. The Morgan fingerprint density at radius 2 is 1.71 bits per heavy atom. The van der Waals surface area contributed by atoms with Crippen LogP contribution in [0.5, 0.6) is 0 Å². The molecule has 0 atom stereocenters. The fourth-order valence-corrected chi connectivity index (χ4v) is 3.35. The van der Waals surface area contributed by atoms with Crippen molar-refractivity contribution in [3.8, 4) is 0 Å². The number of piperidine rings is 1. The van der Waals surface area contributed by atoms with Gasteiger partial charge in [0.15, 0.2) is 0 Å². The van der Waals surface area contributed by atoms with Crippen molar-refractivity contribution in [3.05, 3.63) is 35.4 Å². The topological polar surface area (TPSA) is 137 Å². The molecule has 0 aromatic heterocycles. The maximum absolute atomic E-state index is 12.6. The lowest BCUT2D eigenvalue weighted by Crippen LogP contribution is -2.48. The minimum Gasteiger partial charge on any atom is -0.481 e. The molecule has 0 aliphatic carbocycles. The van der Waals surface area contributed by atoms with E-state index in [4.69, 9.17) is 16.2 Å². The number of amides is 2. The molecule has 0 unspecified atom stereocenters. The van der Waals surface area contributed by atoms with Crippen LogP contribution in [0.3, 0.4) is 0 Å². The third kappa shape index (κ3) is 6.07. The predicted octanol–water partition coefficient (Wildman–Crippen LogP) is 1.58. The Morgan fingerprint density at radius 3 is 2.21 bits per heavy atom. The zero-order valence-corrected chi connectivity index (χ0v) is 16.3. The number of carbonyl (C=O) groups excluding carboxylic acids is 2. The number of nitrogens with one attached hydrogen (secondary N) is 2. The maximum Gasteiger partial charge on any atom is 0.303 e. The number of nitrogens with two attached hydrogens (primary N) is 1. The first-order chi connectivity index (χ1) is 13.1. The molecule has 1 heterocycles. The maximum atomic E-state index is 12.6. The summed E-state index contributed by atoms with van der Waals surface area (Å²) in [6.45, 7) is 4.69. The SMILES string of the molecule is CC(C)(CC(=O)N1CCC(CC(=O)O)CC1)NC(=O)c1ccc(C(=N)N)cc1. The van der Waals surface area contributed by atoms with Crippen molar-refractivity contribution in [2.45, 2.75) is 45.1 Å². The molecule has 0 spiro atoms. The highest BCUT2D eigenvalue weighted by molar-refractivity contribution is 5.98. The second-order valence-electron chi connectivity index (χ2n) is 7.93. The molecular weight excluding hydrogens is 360 g/mol. The molecular formula is C20H28N4O4. The molecule has 0 bridgehead atoms. The van der Waals surface area contributed by atoms with Gasteiger partial charge in [-0.3, -0.25) is 19.8 Å². The number of carboxylic acids is 1. The van der Waals surface area contributed by atoms with Crippen LogP contribution in [-0.2, 0) is 9.59 Å². The molecule has 28 heavy (non-hydrogen) atoms. The van der Waals surface area contributed by atoms with Crippen molar-refractivity contribution in [1.29, 1.82) is 5.41 Å². The molecule has 1 saturated heterocycles. The lowest BCUT2D eigenvalue weighted by Gasteiger charge is -2.34. The van der Waals surface area contributed by atoms with Gasteiger partial charge in [0.2, 0.25) is 5.91 Å². The molecule has 8 heteroatoms. The lowest BCUT2D eigenvalue weighted by atomic mass is 9.92. The van der Waals surface area contributed by atoms with E-state index in [1.807, 2.05) is 0 Å². The monoisotopic (exact) mass is 388 g/mol. The van der Waals surface area contributed by atoms with E-state index in [0.29, 0.717) is 37.1 Å². The number of rotatable bonds is 7. The molecule has 1 aliphatic rings. The van der Waals surface area contributed by atoms with E-state index in [2.05, 4.69) is 5.32 Å². The Labute approximate surface area is 164 Å². The average molecular weight is 388 g/mol. The number of likely N-dealkylation sites (tertiary alicyclic amines) is 1. The average Bonchev–Trinajstić information content (AvgIpc) is 2.61. The second-order valence-corrected chi connectivity index (χ2v) is 7.93. The molecule has 0 saturated carbocycles. The molecule has 1 aromatic carbocycles. The molecule has 1 aromatic rings. The molecule has 1 fully saturated rings. The van der Waals surface area contributed by atoms with Crippen molar-refractivity contribution in [3.63, 3.8) is 0 Å². The Hall–Kier alpha value is -2.90. The third-order valence-corrected chi connectivity index (χ3v) is 4.93. The number of nitrogens with zero attached hydrogens (tertiary/aromatic N) is 1. The first-order valence-corrected chi connectivity index (χ1v) is 9.34. The Bertz CT molecular complexity index is 750. The lowest BCUT2D eigenvalue weighted by molar-refractivity contribution is -0.138. The van der Waals surface area contributed by atoms with Crippen molar-refractivity contribution in [2.24, 2.45) is 11.7 Å². The Morgan fingerprint density at radius 1 is 1.18 bits per heavy atom. The number of nitrogen functional groups attached to an aromatic ring is 1. The number of carbonyl (C=O) groups is 3. The first-order valence-electron chi connectivity index (χ1n) is 9.34. The fourth-order valence-electron chi connectivity index (χ4n) is 3.35. The summed E-state index contributed by atoms with van der Waals surface area (Å²) < 4.78 is 0. The van der Waals surface area contributed by atoms with E-state index >= 15 is 0 Å². The third-order valence-electron chi connectivity index (χ3n) is 4.93. The Kier molecular flexibility index (Phi) is 6.77. The van der Waals surface area contributed by atoms with Gasteiger partial charge in [-0.25, -0.2) is 0 Å². The number of hydrogen-bond acceptors (Lipinski definition) is 4. The predicted molar refractivity (Wildman–Crippen MR) is 105 cm³/mol. The largest absolute Gasteiger partial charge is 0.481 e. The summed E-state index contributed by atoms with van der Waals surface area (Å²) in [6.07, 6.45) is 1.68. The van der Waals surface area contributed by atoms with Gasteiger partial charge >= 0.3 is 5.97 Å². The van der Waals surface area contributed by atoms with E-state index in [9.17, 15) is 14.4 Å². The van der Waals surface area contributed by atoms with Crippen LogP contribution >= 0.6 is 0 Å². The van der Waals surface area contributed by atoms with Crippen molar-refractivity contribution >= 4 is 23.6 Å². The summed E-state index contributed by atoms with van der Waals surface area (Å²) >= 11 is 0. The minimum atomic E-state index is -0.801. The summed E-state index contributed by atoms with van der Waals surface area (Å²) in [4.78, 5) is 37.6. The molecule has 2 rings (SSSR count). The van der Waals surface area contributed by atoms with Gasteiger partial charge in [0.05, 0.1) is 0 Å². The smallest absolute Gasteiger partial charge is 0.303 e. The second kappa shape index (κ2) is 8.86. The van der Waals surface area contributed by atoms with Gasteiger partial charge in [0, 0.05) is 42.6 Å². The van der Waals surface area contributed by atoms with Gasteiger partial charge in [-0.2, -0.15) is 0 Å². The van der Waals surface area contributed by atoms with Crippen LogP contribution in [0.2, 0.25) is 0 Å². The molecule has 152 valence electrons. The van der Waals surface area contributed by atoms with E-state index in [-0.39, 0.29) is 36.4 Å². The van der Waals surface area contributed by atoms with Crippen LogP contribution in [0.1, 0.15) is 55.5 Å². The van der Waals surface area contributed by atoms with Crippen molar-refractivity contribution in [2.75, 3.05) is 13.1 Å². The molecule has 0 radical (unpaired) electrons. The molecule has 8 nitrogen and oxygen atoms in total. The summed E-state index contributed by atoms with van der Waals surface area (Å²) in [7, 11) is 0. The summed E-state index contributed by atoms with van der Waals surface area (Å²) in [5, 5.41) is 19.1. The fraction of sp³-hybridized carbons (Fsp3) is 0.500. The van der Waals surface area contributed by atoms with Crippen LogP contribution in [0.4, 0.5) is 0 Å². The van der Waals surface area contributed by atoms with Gasteiger partial charge in [0.25, 0.3) is 5.91 Å². The standard InChI is InChI=1S/C20H28N4O4/c1-20(2,23-19(28)15-5-3-14(4-6-15)18(21)22)12-16(25)24-9-7-13(8-10-24)11-17(26)27/h3-6,13H,7-12H2,1-2H3,(H3,21,22)(H,23,28)(H,26,27). The van der Waals surface area contributed by atoms with Crippen LogP contribution < -0.4 is 11.1 Å². The number of amidine groups is 1. The van der Waals surface area contributed by atoms with Crippen LogP contribution in [-0.4, -0.2) is 52.3 Å². The zero-order valence-electron chi connectivity index (χ0n) is 16.3. The van der Waals surface area contributed by atoms with Crippen LogP contribution in [0.25, 0.3) is 0 Å². The number of carboxylic acid groups (broad SMARTS) is 1. The number of hydrogen-bond donors (Lipinski definition) is 4.